The fraction of sp³-hybridized carbons (Fsp3) is 0.462. The van der Waals surface area contributed by atoms with E-state index in [0.29, 0.717) is 19.0 Å². The van der Waals surface area contributed by atoms with Crippen molar-refractivity contribution in [3.63, 3.8) is 0 Å². The first kappa shape index (κ1) is 12.7. The fourth-order valence-electron chi connectivity index (χ4n) is 1.53. The predicted octanol–water partition coefficient (Wildman–Crippen LogP) is 2.11. The average Bonchev–Trinajstić information content (AvgIpc) is 2.29. The van der Waals surface area contributed by atoms with Crippen molar-refractivity contribution in [2.75, 3.05) is 13.7 Å². The number of carbonyl (C=O) groups is 1. The molecular formula is C13H19NO2. The molecule has 0 heterocycles. The molecule has 0 aliphatic rings. The highest BCUT2D eigenvalue weighted by atomic mass is 16.5. The van der Waals surface area contributed by atoms with Gasteiger partial charge in [-0.25, -0.2) is 0 Å². The maximum Gasteiger partial charge on any atom is 0.133 e. The zero-order chi connectivity index (χ0) is 12.0. The lowest BCUT2D eigenvalue weighted by atomic mass is 10.0. The summed E-state index contributed by atoms with van der Waals surface area (Å²) in [6, 6.07) is 6.21. The Labute approximate surface area is 96.8 Å². The van der Waals surface area contributed by atoms with E-state index in [1.54, 1.807) is 7.11 Å². The first-order valence-electron chi connectivity index (χ1n) is 5.50. The highest BCUT2D eigenvalue weighted by Gasteiger charge is 2.06. The number of carbonyl (C=O) groups excluding carboxylic acids is 1. The Morgan fingerprint density at radius 3 is 2.75 bits per heavy atom. The molecule has 0 saturated heterocycles. The third kappa shape index (κ3) is 3.35. The van der Waals surface area contributed by atoms with Gasteiger partial charge in [0.2, 0.25) is 0 Å². The van der Waals surface area contributed by atoms with Gasteiger partial charge in [0, 0.05) is 12.1 Å². The fourth-order valence-corrected chi connectivity index (χ4v) is 1.53. The molecule has 1 aromatic rings. The second kappa shape index (κ2) is 6.28. The van der Waals surface area contributed by atoms with Crippen molar-refractivity contribution in [3.05, 3.63) is 29.3 Å². The molecule has 1 N–H and O–H groups in total. The molecule has 1 rings (SSSR count). The lowest BCUT2D eigenvalue weighted by molar-refractivity contribution is -0.107. The topological polar surface area (TPSA) is 38.3 Å². The van der Waals surface area contributed by atoms with Crippen molar-refractivity contribution >= 4 is 6.29 Å². The molecule has 0 bridgehead atoms. The van der Waals surface area contributed by atoms with E-state index in [1.165, 1.54) is 5.56 Å². The monoisotopic (exact) mass is 221 g/mol. The van der Waals surface area contributed by atoms with Crippen LogP contribution in [0.15, 0.2) is 18.2 Å². The molecular weight excluding hydrogens is 202 g/mol. The van der Waals surface area contributed by atoms with Gasteiger partial charge < -0.3 is 14.8 Å². The van der Waals surface area contributed by atoms with Crippen LogP contribution in [0.25, 0.3) is 0 Å². The van der Waals surface area contributed by atoms with Gasteiger partial charge in [-0.15, -0.1) is 0 Å². The summed E-state index contributed by atoms with van der Waals surface area (Å²) in [5, 5.41) is 3.03. The van der Waals surface area contributed by atoms with E-state index in [0.717, 1.165) is 17.6 Å². The lowest BCUT2D eigenvalue weighted by Gasteiger charge is -2.12. The normalized spacial score (nSPS) is 10.5. The minimum atomic E-state index is 0.370. The second-order valence-electron chi connectivity index (χ2n) is 4.02. The van der Waals surface area contributed by atoms with E-state index in [-0.39, 0.29) is 0 Å². The molecule has 3 nitrogen and oxygen atoms in total. The van der Waals surface area contributed by atoms with Gasteiger partial charge in [-0.1, -0.05) is 26.0 Å². The Bertz CT molecular complexity index is 348. The van der Waals surface area contributed by atoms with Crippen LogP contribution in [0.1, 0.15) is 30.9 Å². The van der Waals surface area contributed by atoms with Crippen LogP contribution in [0.2, 0.25) is 0 Å². The maximum atomic E-state index is 10.2. The third-order valence-electron chi connectivity index (χ3n) is 2.52. The zero-order valence-electron chi connectivity index (χ0n) is 10.1. The molecule has 0 unspecified atom stereocenters. The minimum Gasteiger partial charge on any atom is -0.496 e. The zero-order valence-corrected chi connectivity index (χ0v) is 10.1. The summed E-state index contributed by atoms with van der Waals surface area (Å²) < 4.78 is 5.34. The number of aldehydes is 1. The average molecular weight is 221 g/mol. The quantitative estimate of drug-likeness (QED) is 0.590. The predicted molar refractivity (Wildman–Crippen MR) is 64.9 cm³/mol. The van der Waals surface area contributed by atoms with Gasteiger partial charge in [-0.2, -0.15) is 0 Å². The molecule has 16 heavy (non-hydrogen) atoms. The number of benzene rings is 1. The highest BCUT2D eigenvalue weighted by molar-refractivity contribution is 5.52. The Kier molecular flexibility index (Phi) is 4.99. The molecule has 0 aromatic heterocycles. The number of nitrogens with one attached hydrogen (secondary N) is 1. The number of hydrogen-bond acceptors (Lipinski definition) is 3. The van der Waals surface area contributed by atoms with Crippen LogP contribution in [0.4, 0.5) is 0 Å². The summed E-state index contributed by atoms with van der Waals surface area (Å²) in [6.07, 6.45) is 0.856. The Hall–Kier alpha value is -1.35. The first-order valence-corrected chi connectivity index (χ1v) is 5.50. The molecule has 3 heteroatoms. The Balaban J connectivity index is 2.80. The van der Waals surface area contributed by atoms with Crippen molar-refractivity contribution < 1.29 is 9.53 Å². The summed E-state index contributed by atoms with van der Waals surface area (Å²) in [7, 11) is 1.67. The number of ether oxygens (including phenoxy) is 1. The maximum absolute atomic E-state index is 10.2. The standard InChI is InChI=1S/C13H19NO2/c1-10(2)11-4-5-12(9-14-6-7-15)13(8-11)16-3/h4-5,7-8,10,14H,6,9H2,1-3H3. The number of hydrogen-bond donors (Lipinski definition) is 1. The molecule has 1 aromatic carbocycles. The molecule has 0 amide bonds. The van der Waals surface area contributed by atoms with E-state index in [1.807, 2.05) is 6.07 Å². The van der Waals surface area contributed by atoms with Crippen LogP contribution in [0, 0.1) is 0 Å². The van der Waals surface area contributed by atoms with Gasteiger partial charge in [0.1, 0.15) is 12.0 Å². The minimum absolute atomic E-state index is 0.370. The van der Waals surface area contributed by atoms with Crippen molar-refractivity contribution in [3.8, 4) is 5.75 Å². The highest BCUT2D eigenvalue weighted by Crippen LogP contribution is 2.24. The summed E-state index contributed by atoms with van der Waals surface area (Å²) in [4.78, 5) is 10.2. The molecule has 0 atom stereocenters. The summed E-state index contributed by atoms with van der Waals surface area (Å²) in [5.41, 5.74) is 2.34. The van der Waals surface area contributed by atoms with E-state index >= 15 is 0 Å². The summed E-state index contributed by atoms with van der Waals surface area (Å²) in [6.45, 7) is 5.33. The van der Waals surface area contributed by atoms with Crippen LogP contribution in [0.3, 0.4) is 0 Å². The van der Waals surface area contributed by atoms with Crippen molar-refractivity contribution in [1.82, 2.24) is 5.32 Å². The van der Waals surface area contributed by atoms with Crippen LogP contribution in [0.5, 0.6) is 5.75 Å². The molecule has 0 fully saturated rings. The number of methoxy groups -OCH3 is 1. The van der Waals surface area contributed by atoms with E-state index in [4.69, 9.17) is 4.74 Å². The van der Waals surface area contributed by atoms with Crippen molar-refractivity contribution in [2.24, 2.45) is 0 Å². The molecule has 88 valence electrons. The largest absolute Gasteiger partial charge is 0.496 e. The van der Waals surface area contributed by atoms with Crippen molar-refractivity contribution in [1.29, 1.82) is 0 Å². The smallest absolute Gasteiger partial charge is 0.133 e. The molecule has 0 saturated carbocycles. The SMILES string of the molecule is COc1cc(C(C)C)ccc1CNCC=O. The third-order valence-corrected chi connectivity index (χ3v) is 2.52. The van der Waals surface area contributed by atoms with E-state index in [2.05, 4.69) is 31.3 Å². The summed E-state index contributed by atoms with van der Waals surface area (Å²) in [5.74, 6) is 1.37. The molecule has 0 radical (unpaired) electrons. The molecule has 0 spiro atoms. The van der Waals surface area contributed by atoms with E-state index < -0.39 is 0 Å². The van der Waals surface area contributed by atoms with Crippen LogP contribution in [-0.2, 0) is 11.3 Å². The van der Waals surface area contributed by atoms with E-state index in [9.17, 15) is 4.79 Å². The molecule has 0 aliphatic carbocycles. The van der Waals surface area contributed by atoms with Crippen LogP contribution >= 0.6 is 0 Å². The van der Waals surface area contributed by atoms with Gasteiger partial charge in [-0.3, -0.25) is 0 Å². The van der Waals surface area contributed by atoms with Gasteiger partial charge >= 0.3 is 0 Å². The second-order valence-corrected chi connectivity index (χ2v) is 4.02. The van der Waals surface area contributed by atoms with Gasteiger partial charge in [0.25, 0.3) is 0 Å². The van der Waals surface area contributed by atoms with Gasteiger partial charge in [0.15, 0.2) is 0 Å². The summed E-state index contributed by atoms with van der Waals surface area (Å²) >= 11 is 0. The van der Waals surface area contributed by atoms with Crippen LogP contribution < -0.4 is 10.1 Å². The van der Waals surface area contributed by atoms with Gasteiger partial charge in [-0.05, 0) is 17.5 Å². The first-order chi connectivity index (χ1) is 7.69. The lowest BCUT2D eigenvalue weighted by Crippen LogP contribution is -2.16. The molecule has 0 aliphatic heterocycles. The Morgan fingerprint density at radius 2 is 2.19 bits per heavy atom. The Morgan fingerprint density at radius 1 is 1.44 bits per heavy atom. The number of rotatable bonds is 6. The van der Waals surface area contributed by atoms with Crippen molar-refractivity contribution in [2.45, 2.75) is 26.3 Å². The van der Waals surface area contributed by atoms with Crippen LogP contribution in [-0.4, -0.2) is 19.9 Å². The van der Waals surface area contributed by atoms with Gasteiger partial charge in [0.05, 0.1) is 13.7 Å².